The monoisotopic (exact) mass is 250 g/mol. The van der Waals surface area contributed by atoms with E-state index in [2.05, 4.69) is 27.3 Å². The summed E-state index contributed by atoms with van der Waals surface area (Å²) in [5.74, 6) is 0.572. The first-order valence-electron chi connectivity index (χ1n) is 6.75. The van der Waals surface area contributed by atoms with Crippen LogP contribution in [0.2, 0.25) is 0 Å². The molecule has 1 saturated heterocycles. The molecule has 2 N–H and O–H groups in total. The fourth-order valence-electron chi connectivity index (χ4n) is 2.41. The molecule has 18 heavy (non-hydrogen) atoms. The van der Waals surface area contributed by atoms with Crippen molar-refractivity contribution in [3.05, 3.63) is 22.6 Å². The second-order valence-electron chi connectivity index (χ2n) is 5.18. The van der Waals surface area contributed by atoms with Gasteiger partial charge < -0.3 is 10.2 Å². The number of rotatable bonds is 5. The quantitative estimate of drug-likeness (QED) is 0.827. The van der Waals surface area contributed by atoms with Gasteiger partial charge in [-0.05, 0) is 31.8 Å². The van der Waals surface area contributed by atoms with Crippen LogP contribution < -0.4 is 10.9 Å². The minimum atomic E-state index is -0.163. The molecule has 1 atom stereocenters. The van der Waals surface area contributed by atoms with Crippen LogP contribution in [-0.4, -0.2) is 41.3 Å². The van der Waals surface area contributed by atoms with E-state index >= 15 is 0 Å². The van der Waals surface area contributed by atoms with Crippen molar-refractivity contribution < 1.29 is 0 Å². The maximum Gasteiger partial charge on any atom is 0.266 e. The molecule has 5 nitrogen and oxygen atoms in total. The molecule has 0 aliphatic carbocycles. The third-order valence-corrected chi connectivity index (χ3v) is 3.34. The molecule has 2 heterocycles. The molecule has 5 heteroatoms. The van der Waals surface area contributed by atoms with Gasteiger partial charge in [-0.3, -0.25) is 4.79 Å². The molecule has 1 aromatic heterocycles. The molecule has 0 radical (unpaired) electrons. The zero-order valence-electron chi connectivity index (χ0n) is 11.0. The molecule has 1 unspecified atom stereocenters. The number of hydrogen-bond donors (Lipinski definition) is 2. The minimum absolute atomic E-state index is 0.163. The van der Waals surface area contributed by atoms with Gasteiger partial charge in [0.25, 0.3) is 5.56 Å². The summed E-state index contributed by atoms with van der Waals surface area (Å²) in [4.78, 5) is 13.6. The van der Waals surface area contributed by atoms with Crippen molar-refractivity contribution in [1.29, 1.82) is 0 Å². The predicted molar refractivity (Wildman–Crippen MR) is 72.8 cm³/mol. The Morgan fingerprint density at radius 2 is 2.22 bits per heavy atom. The van der Waals surface area contributed by atoms with Gasteiger partial charge in [0, 0.05) is 19.2 Å². The lowest BCUT2D eigenvalue weighted by molar-refractivity contribution is 0.204. The highest BCUT2D eigenvalue weighted by atomic mass is 16.1. The van der Waals surface area contributed by atoms with Crippen LogP contribution in [-0.2, 0) is 0 Å². The molecule has 1 aliphatic heterocycles. The van der Waals surface area contributed by atoms with Gasteiger partial charge in [-0.15, -0.1) is 0 Å². The number of hydrogen-bond acceptors (Lipinski definition) is 4. The van der Waals surface area contributed by atoms with Gasteiger partial charge in [-0.25, -0.2) is 5.10 Å². The lowest BCUT2D eigenvalue weighted by Crippen LogP contribution is -2.35. The lowest BCUT2D eigenvalue weighted by Gasteiger charge is -2.29. The van der Waals surface area contributed by atoms with E-state index in [4.69, 9.17) is 0 Å². The number of nitrogens with zero attached hydrogens (tertiary/aromatic N) is 2. The van der Waals surface area contributed by atoms with Crippen molar-refractivity contribution in [2.75, 3.05) is 31.5 Å². The summed E-state index contributed by atoms with van der Waals surface area (Å²) in [6, 6.07) is 1.54. The molecule has 1 fully saturated rings. The van der Waals surface area contributed by atoms with Crippen LogP contribution >= 0.6 is 0 Å². The van der Waals surface area contributed by atoms with Crippen molar-refractivity contribution in [2.45, 2.75) is 26.2 Å². The molecule has 0 bridgehead atoms. The molecule has 100 valence electrons. The molecule has 1 aliphatic rings. The maximum absolute atomic E-state index is 11.1. The Labute approximate surface area is 108 Å². The van der Waals surface area contributed by atoms with Crippen molar-refractivity contribution in [3.8, 4) is 0 Å². The number of likely N-dealkylation sites (tertiary alicyclic amines) is 1. The van der Waals surface area contributed by atoms with Gasteiger partial charge in [0.15, 0.2) is 0 Å². The van der Waals surface area contributed by atoms with E-state index in [9.17, 15) is 4.79 Å². The number of piperidine rings is 1. The van der Waals surface area contributed by atoms with Crippen molar-refractivity contribution in [1.82, 2.24) is 15.1 Å². The van der Waals surface area contributed by atoms with E-state index in [-0.39, 0.29) is 5.56 Å². The predicted octanol–water partition coefficient (Wildman–Crippen LogP) is 1.30. The average Bonchev–Trinajstić information content (AvgIpc) is 2.38. The largest absolute Gasteiger partial charge is 0.383 e. The molecule has 0 saturated carbocycles. The van der Waals surface area contributed by atoms with Crippen LogP contribution in [0.4, 0.5) is 5.69 Å². The van der Waals surface area contributed by atoms with Crippen LogP contribution in [0.15, 0.2) is 17.1 Å². The summed E-state index contributed by atoms with van der Waals surface area (Å²) in [5.41, 5.74) is 0.632. The number of H-pyrrole nitrogens is 1. The summed E-state index contributed by atoms with van der Waals surface area (Å²) in [6.45, 7) is 6.71. The third-order valence-electron chi connectivity index (χ3n) is 3.34. The van der Waals surface area contributed by atoms with Gasteiger partial charge in [0.2, 0.25) is 0 Å². The molecule has 0 spiro atoms. The van der Waals surface area contributed by atoms with Crippen LogP contribution in [0.5, 0.6) is 0 Å². The van der Waals surface area contributed by atoms with Crippen LogP contribution in [0.3, 0.4) is 0 Å². The van der Waals surface area contributed by atoms with Gasteiger partial charge in [0.1, 0.15) is 0 Å². The fraction of sp³-hybridized carbons (Fsp3) is 0.692. The summed E-state index contributed by atoms with van der Waals surface area (Å²) in [5, 5.41) is 9.40. The van der Waals surface area contributed by atoms with E-state index in [1.807, 2.05) is 0 Å². The molecular formula is C13H22N4O. The van der Waals surface area contributed by atoms with E-state index in [0.717, 1.165) is 18.8 Å². The van der Waals surface area contributed by atoms with Gasteiger partial charge in [-0.1, -0.05) is 13.3 Å². The van der Waals surface area contributed by atoms with E-state index in [0.29, 0.717) is 5.92 Å². The van der Waals surface area contributed by atoms with Crippen LogP contribution in [0.25, 0.3) is 0 Å². The number of aromatic amines is 1. The van der Waals surface area contributed by atoms with Crippen molar-refractivity contribution >= 4 is 5.69 Å². The second-order valence-corrected chi connectivity index (χ2v) is 5.18. The van der Waals surface area contributed by atoms with E-state index < -0.39 is 0 Å². The van der Waals surface area contributed by atoms with Gasteiger partial charge >= 0.3 is 0 Å². The zero-order valence-corrected chi connectivity index (χ0v) is 11.0. The smallest absolute Gasteiger partial charge is 0.266 e. The number of aromatic nitrogens is 2. The van der Waals surface area contributed by atoms with Gasteiger partial charge in [-0.2, -0.15) is 5.10 Å². The van der Waals surface area contributed by atoms with E-state index in [1.165, 1.54) is 32.4 Å². The highest BCUT2D eigenvalue weighted by Crippen LogP contribution is 2.11. The van der Waals surface area contributed by atoms with E-state index in [1.54, 1.807) is 12.3 Å². The fourth-order valence-corrected chi connectivity index (χ4v) is 2.41. The Morgan fingerprint density at radius 3 is 2.94 bits per heavy atom. The van der Waals surface area contributed by atoms with Crippen LogP contribution in [0.1, 0.15) is 26.2 Å². The topological polar surface area (TPSA) is 61.0 Å². The maximum atomic E-state index is 11.1. The Bertz CT molecular complexity index is 411. The number of nitrogens with one attached hydrogen (secondary N) is 2. The normalized spacial score (nSPS) is 18.5. The first-order chi connectivity index (χ1) is 8.74. The highest BCUT2D eigenvalue weighted by Gasteiger charge is 2.13. The Balaban J connectivity index is 1.74. The highest BCUT2D eigenvalue weighted by molar-refractivity contribution is 5.38. The van der Waals surface area contributed by atoms with Crippen molar-refractivity contribution in [2.24, 2.45) is 5.92 Å². The number of anilines is 1. The summed E-state index contributed by atoms with van der Waals surface area (Å²) in [7, 11) is 0. The first kappa shape index (κ1) is 13.1. The summed E-state index contributed by atoms with van der Waals surface area (Å²) < 4.78 is 0. The molecule has 0 aromatic carbocycles. The lowest BCUT2D eigenvalue weighted by atomic mass is 10.1. The molecular weight excluding hydrogens is 228 g/mol. The standard InChI is InChI=1S/C13H22N4O/c1-11(10-17-5-3-2-4-6-17)8-14-12-7-13(18)16-15-9-12/h7,9,11H,2-6,8,10H2,1H3,(H2,14,16,18). The Morgan fingerprint density at radius 1 is 1.44 bits per heavy atom. The summed E-state index contributed by atoms with van der Waals surface area (Å²) in [6.07, 6.45) is 5.69. The Kier molecular flexibility index (Phi) is 4.75. The van der Waals surface area contributed by atoms with Gasteiger partial charge in [0.05, 0.1) is 11.9 Å². The first-order valence-corrected chi connectivity index (χ1v) is 6.75. The molecule has 0 amide bonds. The van der Waals surface area contributed by atoms with Crippen LogP contribution in [0, 0.1) is 5.92 Å². The zero-order chi connectivity index (χ0) is 12.8. The average molecular weight is 250 g/mol. The minimum Gasteiger partial charge on any atom is -0.383 e. The Hall–Kier alpha value is -1.36. The second kappa shape index (κ2) is 6.54. The third kappa shape index (κ3) is 4.14. The SMILES string of the molecule is CC(CNc1cn[nH]c(=O)c1)CN1CCCCC1. The molecule has 1 aromatic rings. The van der Waals surface area contributed by atoms with Crippen molar-refractivity contribution in [3.63, 3.8) is 0 Å². The molecule has 2 rings (SSSR count). The summed E-state index contributed by atoms with van der Waals surface area (Å²) >= 11 is 0.